The number of nitrogens with one attached hydrogen (secondary N) is 2. The number of hydrogen-bond acceptors (Lipinski definition) is 4. The second kappa shape index (κ2) is 5.62. The Balaban J connectivity index is 2.81. The summed E-state index contributed by atoms with van der Waals surface area (Å²) in [6.45, 7) is 0. The molecule has 1 heterocycles. The average Bonchev–Trinajstić information content (AvgIpc) is 2.27. The van der Waals surface area contributed by atoms with Crippen LogP contribution in [-0.2, 0) is 9.59 Å². The molecule has 0 radical (unpaired) electrons. The van der Waals surface area contributed by atoms with Gasteiger partial charge in [0, 0.05) is 6.07 Å². The maximum atomic E-state index is 11.6. The van der Waals surface area contributed by atoms with E-state index in [2.05, 4.69) is 10.3 Å². The lowest BCUT2D eigenvalue weighted by Crippen LogP contribution is -2.43. The minimum Gasteiger partial charge on any atom is -0.480 e. The van der Waals surface area contributed by atoms with Gasteiger partial charge in [-0.1, -0.05) is 6.07 Å². The molecular formula is C10H11N3O5. The Morgan fingerprint density at radius 1 is 1.39 bits per heavy atom. The molecule has 0 aliphatic carbocycles. The zero-order valence-corrected chi connectivity index (χ0v) is 9.17. The Morgan fingerprint density at radius 2 is 2.06 bits per heavy atom. The number of H-pyrrole nitrogens is 1. The molecule has 0 aliphatic heterocycles. The number of aromatic amines is 1. The van der Waals surface area contributed by atoms with E-state index in [0.717, 1.165) is 0 Å². The molecular weight excluding hydrogens is 242 g/mol. The van der Waals surface area contributed by atoms with Crippen molar-refractivity contribution >= 4 is 17.8 Å². The zero-order chi connectivity index (χ0) is 13.7. The number of rotatable bonds is 5. The Labute approximate surface area is 101 Å². The summed E-state index contributed by atoms with van der Waals surface area (Å²) in [5, 5.41) is 10.9. The van der Waals surface area contributed by atoms with Crippen LogP contribution >= 0.6 is 0 Å². The number of hydrogen-bond donors (Lipinski definition) is 4. The number of carbonyl (C=O) groups excluding carboxylic acids is 2. The van der Waals surface area contributed by atoms with E-state index in [1.165, 1.54) is 18.2 Å². The monoisotopic (exact) mass is 253 g/mol. The minimum absolute atomic E-state index is 0.0989. The molecule has 0 aromatic carbocycles. The van der Waals surface area contributed by atoms with E-state index in [1.54, 1.807) is 0 Å². The summed E-state index contributed by atoms with van der Waals surface area (Å²) in [5.41, 5.74) is 4.26. The molecule has 1 aromatic rings. The zero-order valence-electron chi connectivity index (χ0n) is 9.17. The molecule has 0 bridgehead atoms. The van der Waals surface area contributed by atoms with Crippen molar-refractivity contribution in [2.24, 2.45) is 5.73 Å². The van der Waals surface area contributed by atoms with Crippen LogP contribution < -0.4 is 16.6 Å². The van der Waals surface area contributed by atoms with Crippen molar-refractivity contribution in [3.8, 4) is 0 Å². The van der Waals surface area contributed by atoms with Crippen LogP contribution in [0.3, 0.4) is 0 Å². The Morgan fingerprint density at radius 3 is 2.56 bits per heavy atom. The third-order valence-electron chi connectivity index (χ3n) is 2.02. The van der Waals surface area contributed by atoms with Crippen molar-refractivity contribution < 1.29 is 19.5 Å². The highest BCUT2D eigenvalue weighted by molar-refractivity contribution is 5.96. The van der Waals surface area contributed by atoms with Crippen LogP contribution in [0.25, 0.3) is 0 Å². The lowest BCUT2D eigenvalue weighted by Gasteiger charge is -2.12. The molecule has 2 amide bonds. The van der Waals surface area contributed by atoms with Crippen molar-refractivity contribution in [3.05, 3.63) is 34.2 Å². The molecule has 0 fully saturated rings. The van der Waals surface area contributed by atoms with Gasteiger partial charge in [-0.2, -0.15) is 0 Å². The molecule has 1 aromatic heterocycles. The van der Waals surface area contributed by atoms with Crippen LogP contribution in [0.15, 0.2) is 23.0 Å². The van der Waals surface area contributed by atoms with Crippen molar-refractivity contribution in [2.45, 2.75) is 12.5 Å². The van der Waals surface area contributed by atoms with Crippen LogP contribution in [0, 0.1) is 0 Å². The molecule has 0 spiro atoms. The fraction of sp³-hybridized carbons (Fsp3) is 0.200. The first-order chi connectivity index (χ1) is 8.40. The summed E-state index contributed by atoms with van der Waals surface area (Å²) in [6.07, 6.45) is -0.530. The van der Waals surface area contributed by atoms with Gasteiger partial charge in [-0.3, -0.25) is 14.4 Å². The van der Waals surface area contributed by atoms with Crippen molar-refractivity contribution in [1.29, 1.82) is 0 Å². The lowest BCUT2D eigenvalue weighted by atomic mass is 10.2. The molecule has 96 valence electrons. The highest BCUT2D eigenvalue weighted by Crippen LogP contribution is 1.96. The smallest absolute Gasteiger partial charge is 0.326 e. The van der Waals surface area contributed by atoms with Gasteiger partial charge in [0.15, 0.2) is 0 Å². The third kappa shape index (κ3) is 3.74. The summed E-state index contributed by atoms with van der Waals surface area (Å²) >= 11 is 0. The molecule has 1 rings (SSSR count). The van der Waals surface area contributed by atoms with E-state index in [9.17, 15) is 19.2 Å². The molecule has 0 saturated heterocycles. The highest BCUT2D eigenvalue weighted by Gasteiger charge is 2.22. The predicted octanol–water partition coefficient (Wildman–Crippen LogP) is -1.57. The Hall–Kier alpha value is -2.64. The standard InChI is InChI=1S/C10H11N3O5/c11-7(14)4-6(10(17)18)13-9(16)5-2-1-3-8(15)12-5/h1-3,6H,4H2,(H2,11,14)(H,12,15)(H,13,16)(H,17,18). The van der Waals surface area contributed by atoms with Crippen LogP contribution in [0.4, 0.5) is 0 Å². The van der Waals surface area contributed by atoms with Gasteiger partial charge in [0.2, 0.25) is 11.5 Å². The molecule has 0 saturated carbocycles. The van der Waals surface area contributed by atoms with Gasteiger partial charge in [-0.25, -0.2) is 4.79 Å². The average molecular weight is 253 g/mol. The van der Waals surface area contributed by atoms with Gasteiger partial charge in [0.1, 0.15) is 11.7 Å². The number of primary amides is 1. The summed E-state index contributed by atoms with van der Waals surface area (Å²) in [7, 11) is 0. The summed E-state index contributed by atoms with van der Waals surface area (Å²) in [4.78, 5) is 46.2. The first-order valence-corrected chi connectivity index (χ1v) is 4.91. The molecule has 8 nitrogen and oxygen atoms in total. The van der Waals surface area contributed by atoms with E-state index in [0.29, 0.717) is 0 Å². The Bertz CT molecular complexity index is 536. The molecule has 1 unspecified atom stereocenters. The number of carboxylic acids is 1. The van der Waals surface area contributed by atoms with Gasteiger partial charge >= 0.3 is 5.97 Å². The largest absolute Gasteiger partial charge is 0.480 e. The third-order valence-corrected chi connectivity index (χ3v) is 2.02. The number of carbonyl (C=O) groups is 3. The SMILES string of the molecule is NC(=O)CC(NC(=O)c1cccc(=O)[nH]1)C(=O)O. The number of aliphatic carboxylic acids is 1. The van der Waals surface area contributed by atoms with Gasteiger partial charge in [-0.15, -0.1) is 0 Å². The molecule has 8 heteroatoms. The summed E-state index contributed by atoms with van der Waals surface area (Å²) < 4.78 is 0. The quantitative estimate of drug-likeness (QED) is 0.501. The topological polar surface area (TPSA) is 142 Å². The van der Waals surface area contributed by atoms with E-state index < -0.39 is 35.8 Å². The van der Waals surface area contributed by atoms with Gasteiger partial charge < -0.3 is 21.1 Å². The molecule has 1 atom stereocenters. The second-order valence-corrected chi connectivity index (χ2v) is 3.46. The first-order valence-electron chi connectivity index (χ1n) is 4.91. The van der Waals surface area contributed by atoms with E-state index >= 15 is 0 Å². The maximum Gasteiger partial charge on any atom is 0.326 e. The highest BCUT2D eigenvalue weighted by atomic mass is 16.4. The van der Waals surface area contributed by atoms with E-state index in [1.807, 2.05) is 0 Å². The Kier molecular flexibility index (Phi) is 4.19. The number of nitrogens with two attached hydrogens (primary N) is 1. The molecule has 18 heavy (non-hydrogen) atoms. The molecule has 5 N–H and O–H groups in total. The predicted molar refractivity (Wildman–Crippen MR) is 59.8 cm³/mol. The first kappa shape index (κ1) is 13.4. The molecule has 0 aliphatic rings. The van der Waals surface area contributed by atoms with E-state index in [4.69, 9.17) is 10.8 Å². The minimum atomic E-state index is -1.43. The second-order valence-electron chi connectivity index (χ2n) is 3.46. The fourth-order valence-corrected chi connectivity index (χ4v) is 1.22. The summed E-state index contributed by atoms with van der Waals surface area (Å²) in [5.74, 6) is -3.05. The van der Waals surface area contributed by atoms with Gasteiger partial charge in [0.25, 0.3) is 5.91 Å². The van der Waals surface area contributed by atoms with Crippen molar-refractivity contribution in [1.82, 2.24) is 10.3 Å². The van der Waals surface area contributed by atoms with Gasteiger partial charge in [0.05, 0.1) is 6.42 Å². The van der Waals surface area contributed by atoms with Crippen molar-refractivity contribution in [2.75, 3.05) is 0 Å². The van der Waals surface area contributed by atoms with Gasteiger partial charge in [-0.05, 0) is 6.07 Å². The van der Waals surface area contributed by atoms with Crippen LogP contribution in [0.2, 0.25) is 0 Å². The fourth-order valence-electron chi connectivity index (χ4n) is 1.22. The summed E-state index contributed by atoms with van der Waals surface area (Å²) in [6, 6.07) is 2.42. The maximum absolute atomic E-state index is 11.6. The van der Waals surface area contributed by atoms with E-state index in [-0.39, 0.29) is 5.69 Å². The number of amides is 2. The number of pyridine rings is 1. The number of carboxylic acid groups (broad SMARTS) is 1. The van der Waals surface area contributed by atoms with Crippen LogP contribution in [0.1, 0.15) is 16.9 Å². The van der Waals surface area contributed by atoms with Crippen LogP contribution in [-0.4, -0.2) is 33.9 Å². The lowest BCUT2D eigenvalue weighted by molar-refractivity contribution is -0.140. The van der Waals surface area contributed by atoms with Crippen LogP contribution in [0.5, 0.6) is 0 Å². The normalized spacial score (nSPS) is 11.6. The number of aromatic nitrogens is 1. The van der Waals surface area contributed by atoms with Crippen molar-refractivity contribution in [3.63, 3.8) is 0 Å².